The van der Waals surface area contributed by atoms with Crippen LogP contribution in [0.1, 0.15) is 37.9 Å². The average molecular weight is 232 g/mol. The summed E-state index contributed by atoms with van der Waals surface area (Å²) in [6, 6.07) is 0. The van der Waals surface area contributed by atoms with E-state index in [1.807, 2.05) is 6.92 Å². The molecule has 80 valence electrons. The molecule has 1 aromatic rings. The minimum atomic E-state index is 0.187. The fraction of sp³-hybridized carbons (Fsp3) is 0.727. The molecule has 3 heteroatoms. The SMILES string of the molecule is Cc1nc(CCC(Cl)C(C)(C)C)cs1. The zero-order chi connectivity index (χ0) is 10.8. The van der Waals surface area contributed by atoms with Crippen molar-refractivity contribution >= 4 is 22.9 Å². The molecule has 0 saturated carbocycles. The molecule has 1 rings (SSSR count). The number of aromatic nitrogens is 1. The molecular formula is C11H18ClNS. The van der Waals surface area contributed by atoms with Crippen LogP contribution in [0.4, 0.5) is 0 Å². The number of halogens is 1. The third kappa shape index (κ3) is 3.58. The molecular weight excluding hydrogens is 214 g/mol. The number of aryl methyl sites for hydroxylation is 2. The minimum absolute atomic E-state index is 0.187. The van der Waals surface area contributed by atoms with Crippen molar-refractivity contribution in [1.29, 1.82) is 0 Å². The number of alkyl halides is 1. The van der Waals surface area contributed by atoms with Gasteiger partial charge in [-0.15, -0.1) is 22.9 Å². The van der Waals surface area contributed by atoms with E-state index in [1.165, 1.54) is 5.69 Å². The molecule has 1 atom stereocenters. The monoisotopic (exact) mass is 231 g/mol. The lowest BCUT2D eigenvalue weighted by molar-refractivity contribution is 0.373. The van der Waals surface area contributed by atoms with Gasteiger partial charge in [0.05, 0.1) is 10.7 Å². The highest BCUT2D eigenvalue weighted by atomic mass is 35.5. The largest absolute Gasteiger partial charge is 0.247 e. The van der Waals surface area contributed by atoms with Crippen LogP contribution < -0.4 is 0 Å². The van der Waals surface area contributed by atoms with Gasteiger partial charge in [0.15, 0.2) is 0 Å². The van der Waals surface area contributed by atoms with Crippen LogP contribution >= 0.6 is 22.9 Å². The quantitative estimate of drug-likeness (QED) is 0.716. The molecule has 14 heavy (non-hydrogen) atoms. The minimum Gasteiger partial charge on any atom is -0.247 e. The van der Waals surface area contributed by atoms with E-state index in [0.717, 1.165) is 17.8 Å². The molecule has 0 aliphatic heterocycles. The first-order chi connectivity index (χ1) is 6.39. The van der Waals surface area contributed by atoms with Crippen molar-refractivity contribution in [2.75, 3.05) is 0 Å². The van der Waals surface area contributed by atoms with Gasteiger partial charge in [-0.1, -0.05) is 20.8 Å². The van der Waals surface area contributed by atoms with E-state index in [0.29, 0.717) is 0 Å². The Balaban J connectivity index is 2.41. The summed E-state index contributed by atoms with van der Waals surface area (Å²) in [6.45, 7) is 8.57. The fourth-order valence-electron chi connectivity index (χ4n) is 1.23. The van der Waals surface area contributed by atoms with Crippen molar-refractivity contribution in [3.63, 3.8) is 0 Å². The summed E-state index contributed by atoms with van der Waals surface area (Å²) in [5.41, 5.74) is 1.37. The summed E-state index contributed by atoms with van der Waals surface area (Å²) < 4.78 is 0. The average Bonchev–Trinajstić information content (AvgIpc) is 2.45. The zero-order valence-corrected chi connectivity index (χ0v) is 10.9. The van der Waals surface area contributed by atoms with Gasteiger partial charge in [0.25, 0.3) is 0 Å². The Labute approximate surface area is 95.5 Å². The van der Waals surface area contributed by atoms with Gasteiger partial charge in [-0.05, 0) is 25.2 Å². The number of hydrogen-bond donors (Lipinski definition) is 0. The predicted octanol–water partition coefficient (Wildman–Crippen LogP) is 4.04. The van der Waals surface area contributed by atoms with E-state index in [9.17, 15) is 0 Å². The van der Waals surface area contributed by atoms with Crippen LogP contribution in [0.3, 0.4) is 0 Å². The molecule has 0 amide bonds. The summed E-state index contributed by atoms with van der Waals surface area (Å²) >= 11 is 8.00. The Morgan fingerprint density at radius 2 is 2.14 bits per heavy atom. The Morgan fingerprint density at radius 3 is 2.57 bits per heavy atom. The molecule has 1 aromatic heterocycles. The maximum Gasteiger partial charge on any atom is 0.0897 e. The normalized spacial score (nSPS) is 14.4. The molecule has 0 N–H and O–H groups in total. The highest BCUT2D eigenvalue weighted by molar-refractivity contribution is 7.09. The van der Waals surface area contributed by atoms with E-state index in [-0.39, 0.29) is 10.8 Å². The van der Waals surface area contributed by atoms with Crippen LogP contribution in [0.25, 0.3) is 0 Å². The van der Waals surface area contributed by atoms with Gasteiger partial charge >= 0.3 is 0 Å². The number of thiazole rings is 1. The second kappa shape index (κ2) is 4.63. The van der Waals surface area contributed by atoms with E-state index in [4.69, 9.17) is 11.6 Å². The molecule has 0 bridgehead atoms. The molecule has 1 heterocycles. The van der Waals surface area contributed by atoms with Crippen LogP contribution in [0.2, 0.25) is 0 Å². The van der Waals surface area contributed by atoms with Crippen LogP contribution in [0, 0.1) is 12.3 Å². The van der Waals surface area contributed by atoms with Gasteiger partial charge in [-0.3, -0.25) is 0 Å². The molecule has 0 radical (unpaired) electrons. The predicted molar refractivity (Wildman–Crippen MR) is 64.3 cm³/mol. The first kappa shape index (κ1) is 12.0. The van der Waals surface area contributed by atoms with Crippen LogP contribution in [0.15, 0.2) is 5.38 Å². The lowest BCUT2D eigenvalue weighted by Gasteiger charge is -2.24. The van der Waals surface area contributed by atoms with E-state index < -0.39 is 0 Å². The molecule has 0 fully saturated rings. The second-order valence-corrected chi connectivity index (χ2v) is 6.32. The van der Waals surface area contributed by atoms with Crippen LogP contribution in [-0.2, 0) is 6.42 Å². The van der Waals surface area contributed by atoms with Crippen molar-refractivity contribution in [3.05, 3.63) is 16.1 Å². The number of nitrogens with zero attached hydrogens (tertiary/aromatic N) is 1. The molecule has 0 saturated heterocycles. The summed E-state index contributed by atoms with van der Waals surface area (Å²) in [6.07, 6.45) is 2.00. The Bertz CT molecular complexity index is 288. The Kier molecular flexibility index (Phi) is 3.96. The topological polar surface area (TPSA) is 12.9 Å². The van der Waals surface area contributed by atoms with Crippen molar-refractivity contribution in [2.45, 2.75) is 45.9 Å². The lowest BCUT2D eigenvalue weighted by Crippen LogP contribution is -2.21. The Morgan fingerprint density at radius 1 is 1.50 bits per heavy atom. The molecule has 0 aliphatic carbocycles. The highest BCUT2D eigenvalue weighted by Crippen LogP contribution is 2.28. The van der Waals surface area contributed by atoms with E-state index >= 15 is 0 Å². The van der Waals surface area contributed by atoms with Gasteiger partial charge in [-0.2, -0.15) is 0 Å². The van der Waals surface area contributed by atoms with Crippen LogP contribution in [0.5, 0.6) is 0 Å². The smallest absolute Gasteiger partial charge is 0.0897 e. The standard InChI is InChI=1S/C11H18ClNS/c1-8-13-9(7-14-8)5-6-10(12)11(2,3)4/h7,10H,5-6H2,1-4H3. The summed E-state index contributed by atoms with van der Waals surface area (Å²) in [5.74, 6) is 0. The Hall–Kier alpha value is -0.0800. The lowest BCUT2D eigenvalue weighted by atomic mass is 9.89. The summed E-state index contributed by atoms with van der Waals surface area (Å²) in [4.78, 5) is 4.42. The van der Waals surface area contributed by atoms with Crippen molar-refractivity contribution < 1.29 is 0 Å². The number of hydrogen-bond acceptors (Lipinski definition) is 2. The third-order valence-corrected chi connectivity index (χ3v) is 3.96. The van der Waals surface area contributed by atoms with Gasteiger partial charge in [-0.25, -0.2) is 4.98 Å². The maximum atomic E-state index is 6.29. The van der Waals surface area contributed by atoms with Gasteiger partial charge < -0.3 is 0 Å². The molecule has 0 aromatic carbocycles. The van der Waals surface area contributed by atoms with Crippen LogP contribution in [-0.4, -0.2) is 10.4 Å². The summed E-state index contributed by atoms with van der Waals surface area (Å²) in [7, 11) is 0. The van der Waals surface area contributed by atoms with Gasteiger partial charge in [0, 0.05) is 10.8 Å². The van der Waals surface area contributed by atoms with Gasteiger partial charge in [0.2, 0.25) is 0 Å². The molecule has 1 nitrogen and oxygen atoms in total. The van der Waals surface area contributed by atoms with Crippen molar-refractivity contribution in [3.8, 4) is 0 Å². The van der Waals surface area contributed by atoms with E-state index in [1.54, 1.807) is 11.3 Å². The van der Waals surface area contributed by atoms with E-state index in [2.05, 4.69) is 31.1 Å². The van der Waals surface area contributed by atoms with Gasteiger partial charge in [0.1, 0.15) is 0 Å². The highest BCUT2D eigenvalue weighted by Gasteiger charge is 2.21. The summed E-state index contributed by atoms with van der Waals surface area (Å²) in [5, 5.41) is 3.49. The maximum absolute atomic E-state index is 6.29. The first-order valence-electron chi connectivity index (χ1n) is 4.94. The molecule has 1 unspecified atom stereocenters. The fourth-order valence-corrected chi connectivity index (χ4v) is 1.99. The molecule has 0 spiro atoms. The third-order valence-electron chi connectivity index (χ3n) is 2.26. The second-order valence-electron chi connectivity index (χ2n) is 4.73. The molecule has 0 aliphatic rings. The first-order valence-corrected chi connectivity index (χ1v) is 6.26. The zero-order valence-electron chi connectivity index (χ0n) is 9.30. The number of rotatable bonds is 3. The van der Waals surface area contributed by atoms with Crippen molar-refractivity contribution in [2.24, 2.45) is 5.41 Å². The van der Waals surface area contributed by atoms with Crippen molar-refractivity contribution in [1.82, 2.24) is 4.98 Å².